The van der Waals surface area contributed by atoms with Crippen LogP contribution in [0.5, 0.6) is 0 Å². The zero-order chi connectivity index (χ0) is 20.6. The third-order valence-corrected chi connectivity index (χ3v) is 5.55. The zero-order valence-corrected chi connectivity index (χ0v) is 16.1. The first-order chi connectivity index (χ1) is 13.1. The molecule has 0 aliphatic rings. The Kier molecular flexibility index (Phi) is 5.18. The van der Waals surface area contributed by atoms with Gasteiger partial charge in [0.2, 0.25) is 15.8 Å². The van der Waals surface area contributed by atoms with E-state index in [9.17, 15) is 22.0 Å². The Hall–Kier alpha value is -2.84. The largest absolute Gasteiger partial charge is 0.342 e. The minimum absolute atomic E-state index is 0.0352. The van der Waals surface area contributed by atoms with Crippen LogP contribution in [0.25, 0.3) is 0 Å². The van der Waals surface area contributed by atoms with E-state index >= 15 is 0 Å². The summed E-state index contributed by atoms with van der Waals surface area (Å²) < 4.78 is 52.1. The van der Waals surface area contributed by atoms with Gasteiger partial charge in [0.1, 0.15) is 11.6 Å². The van der Waals surface area contributed by atoms with Crippen molar-refractivity contribution in [2.24, 2.45) is 12.2 Å². The van der Waals surface area contributed by atoms with Gasteiger partial charge in [0.25, 0.3) is 0 Å². The highest BCUT2D eigenvalue weighted by Gasteiger charge is 2.24. The molecule has 3 rings (SSSR count). The second kappa shape index (κ2) is 7.29. The van der Waals surface area contributed by atoms with Crippen LogP contribution in [0.1, 0.15) is 32.9 Å². The summed E-state index contributed by atoms with van der Waals surface area (Å²) in [7, 11) is -2.22. The molecule has 0 aliphatic heterocycles. The molecule has 0 saturated carbocycles. The Morgan fingerprint density at radius 2 is 1.61 bits per heavy atom. The average Bonchev–Trinajstić information content (AvgIpc) is 2.85. The molecule has 1 aromatic heterocycles. The molecule has 28 heavy (non-hydrogen) atoms. The molecular formula is C20H18F2N2O3S. The van der Waals surface area contributed by atoms with Crippen molar-refractivity contribution in [3.05, 3.63) is 88.2 Å². The van der Waals surface area contributed by atoms with Crippen molar-refractivity contribution in [3.63, 3.8) is 0 Å². The van der Waals surface area contributed by atoms with Crippen molar-refractivity contribution < 1.29 is 22.0 Å². The Morgan fingerprint density at radius 3 is 2.14 bits per heavy atom. The highest BCUT2D eigenvalue weighted by atomic mass is 32.2. The minimum Gasteiger partial charge on any atom is -0.342 e. The number of primary sulfonamides is 1. The van der Waals surface area contributed by atoms with Crippen molar-refractivity contribution in [1.29, 1.82) is 0 Å². The number of benzene rings is 2. The topological polar surface area (TPSA) is 82.2 Å². The van der Waals surface area contributed by atoms with Gasteiger partial charge in [0, 0.05) is 24.6 Å². The van der Waals surface area contributed by atoms with E-state index < -0.39 is 27.4 Å². The van der Waals surface area contributed by atoms with Crippen LogP contribution in [0, 0.1) is 18.6 Å². The number of nitrogens with zero attached hydrogens (tertiary/aromatic N) is 1. The van der Waals surface area contributed by atoms with Gasteiger partial charge < -0.3 is 4.57 Å². The smallest absolute Gasteiger partial charge is 0.238 e. The molecule has 1 heterocycles. The number of aromatic nitrogens is 1. The first kappa shape index (κ1) is 19.9. The average molecular weight is 404 g/mol. The first-order valence-electron chi connectivity index (χ1n) is 8.35. The van der Waals surface area contributed by atoms with Crippen LogP contribution in [-0.4, -0.2) is 18.8 Å². The monoisotopic (exact) mass is 404 g/mol. The van der Waals surface area contributed by atoms with Crippen molar-refractivity contribution in [3.8, 4) is 0 Å². The van der Waals surface area contributed by atoms with E-state index in [2.05, 4.69) is 0 Å². The fourth-order valence-corrected chi connectivity index (χ4v) is 3.62. The predicted molar refractivity (Wildman–Crippen MR) is 101 cm³/mol. The van der Waals surface area contributed by atoms with Crippen LogP contribution < -0.4 is 5.14 Å². The molecule has 3 aromatic rings. The molecule has 0 atom stereocenters. The van der Waals surface area contributed by atoms with Crippen LogP contribution in [0.15, 0.2) is 53.4 Å². The van der Waals surface area contributed by atoms with Gasteiger partial charge in [-0.2, -0.15) is 0 Å². The summed E-state index contributed by atoms with van der Waals surface area (Å²) in [6, 6.07) is 10.9. The second-order valence-corrected chi connectivity index (χ2v) is 8.06. The van der Waals surface area contributed by atoms with E-state index in [0.717, 1.165) is 0 Å². The number of halogens is 2. The molecule has 2 N–H and O–H groups in total. The number of nitrogens with two attached hydrogens (primary N) is 1. The maximum atomic E-state index is 14.8. The predicted octanol–water partition coefficient (Wildman–Crippen LogP) is 3.08. The van der Waals surface area contributed by atoms with Gasteiger partial charge >= 0.3 is 0 Å². The Balaban J connectivity index is 1.96. The SMILES string of the molecule is Cc1c(F)c(Cc2ccc(S(N)(=O)=O)cc2)n(C)c1C(=O)c1ccc(F)cc1. The standard InChI is InChI=1S/C20H18F2N2O3S/c1-12-18(22)17(11-13-3-9-16(10-4-13)28(23,26)27)24(2)19(12)20(25)14-5-7-15(21)8-6-14/h3-10H,11H2,1-2H3,(H2,23,26,27). The van der Waals surface area contributed by atoms with Crippen LogP contribution in [0.4, 0.5) is 8.78 Å². The normalized spacial score (nSPS) is 11.6. The van der Waals surface area contributed by atoms with Crippen molar-refractivity contribution in [1.82, 2.24) is 4.57 Å². The van der Waals surface area contributed by atoms with Gasteiger partial charge in [-0.15, -0.1) is 0 Å². The maximum Gasteiger partial charge on any atom is 0.238 e. The summed E-state index contributed by atoms with van der Waals surface area (Å²) in [5.74, 6) is -1.38. The third kappa shape index (κ3) is 3.74. The molecule has 0 fully saturated rings. The van der Waals surface area contributed by atoms with E-state index in [1.165, 1.54) is 47.9 Å². The van der Waals surface area contributed by atoms with Gasteiger partial charge in [-0.25, -0.2) is 22.3 Å². The number of ketones is 1. The van der Waals surface area contributed by atoms with Crippen LogP contribution in [0.3, 0.4) is 0 Å². The fourth-order valence-electron chi connectivity index (χ4n) is 3.10. The quantitative estimate of drug-likeness (QED) is 0.664. The van der Waals surface area contributed by atoms with Gasteiger partial charge in [-0.1, -0.05) is 12.1 Å². The Morgan fingerprint density at radius 1 is 1.04 bits per heavy atom. The molecule has 0 amide bonds. The van der Waals surface area contributed by atoms with E-state index in [4.69, 9.17) is 5.14 Å². The van der Waals surface area contributed by atoms with E-state index in [-0.39, 0.29) is 33.8 Å². The van der Waals surface area contributed by atoms with Gasteiger partial charge in [0.05, 0.1) is 16.3 Å². The lowest BCUT2D eigenvalue weighted by Gasteiger charge is -2.08. The molecular weight excluding hydrogens is 386 g/mol. The van der Waals surface area contributed by atoms with E-state index in [1.807, 2.05) is 0 Å². The molecule has 0 bridgehead atoms. The molecule has 5 nitrogen and oxygen atoms in total. The van der Waals surface area contributed by atoms with Crippen molar-refractivity contribution in [2.45, 2.75) is 18.2 Å². The van der Waals surface area contributed by atoms with E-state index in [1.54, 1.807) is 19.2 Å². The number of carbonyl (C=O) groups excluding carboxylic acids is 1. The summed E-state index contributed by atoms with van der Waals surface area (Å²) in [5, 5.41) is 5.08. The molecule has 146 valence electrons. The van der Waals surface area contributed by atoms with Crippen molar-refractivity contribution >= 4 is 15.8 Å². The fraction of sp³-hybridized carbons (Fsp3) is 0.150. The number of rotatable bonds is 5. The Bertz CT molecular complexity index is 1150. The van der Waals surface area contributed by atoms with Crippen LogP contribution >= 0.6 is 0 Å². The number of hydrogen-bond acceptors (Lipinski definition) is 3. The number of hydrogen-bond donors (Lipinski definition) is 1. The molecule has 0 spiro atoms. The van der Waals surface area contributed by atoms with E-state index in [0.29, 0.717) is 5.56 Å². The van der Waals surface area contributed by atoms with Gasteiger partial charge in [0.15, 0.2) is 0 Å². The summed E-state index contributed by atoms with van der Waals surface area (Å²) in [5.41, 5.74) is 1.58. The summed E-state index contributed by atoms with van der Waals surface area (Å²) in [6.07, 6.45) is 0.158. The van der Waals surface area contributed by atoms with Gasteiger partial charge in [-0.05, 0) is 48.9 Å². The summed E-state index contributed by atoms with van der Waals surface area (Å²) in [6.45, 7) is 1.51. The first-order valence-corrected chi connectivity index (χ1v) is 9.90. The van der Waals surface area contributed by atoms with Crippen LogP contribution in [0.2, 0.25) is 0 Å². The molecule has 8 heteroatoms. The molecule has 0 saturated heterocycles. The maximum absolute atomic E-state index is 14.8. The third-order valence-electron chi connectivity index (χ3n) is 4.62. The summed E-state index contributed by atoms with van der Waals surface area (Å²) in [4.78, 5) is 12.7. The lowest BCUT2D eigenvalue weighted by molar-refractivity contribution is 0.103. The highest BCUT2D eigenvalue weighted by molar-refractivity contribution is 7.89. The molecule has 2 aromatic carbocycles. The van der Waals surface area contributed by atoms with Crippen molar-refractivity contribution in [2.75, 3.05) is 0 Å². The number of sulfonamides is 1. The zero-order valence-electron chi connectivity index (χ0n) is 15.2. The lowest BCUT2D eigenvalue weighted by Crippen LogP contribution is -2.12. The highest BCUT2D eigenvalue weighted by Crippen LogP contribution is 2.25. The molecule has 0 unspecified atom stereocenters. The van der Waals surface area contributed by atoms with Gasteiger partial charge in [-0.3, -0.25) is 4.79 Å². The Labute approximate surface area is 161 Å². The molecule has 0 aliphatic carbocycles. The molecule has 0 radical (unpaired) electrons. The minimum atomic E-state index is -3.81. The summed E-state index contributed by atoms with van der Waals surface area (Å²) >= 11 is 0. The lowest BCUT2D eigenvalue weighted by atomic mass is 10.1. The second-order valence-electron chi connectivity index (χ2n) is 6.50. The number of carbonyl (C=O) groups is 1. The van der Waals surface area contributed by atoms with Crippen LogP contribution in [-0.2, 0) is 23.5 Å².